The molecule has 0 aliphatic heterocycles. The van der Waals surface area contributed by atoms with E-state index in [9.17, 15) is 9.18 Å². The van der Waals surface area contributed by atoms with Crippen molar-refractivity contribution in [1.82, 2.24) is 0 Å². The number of Topliss-reactive ketones (excluding diaryl/α,β-unsaturated/α-hetero) is 1. The van der Waals surface area contributed by atoms with Crippen LogP contribution >= 0.6 is 27.5 Å². The Morgan fingerprint density at radius 1 is 1.22 bits per heavy atom. The Balaban J connectivity index is 2.25. The van der Waals surface area contributed by atoms with Gasteiger partial charge in [-0.3, -0.25) is 4.79 Å². The lowest BCUT2D eigenvalue weighted by atomic mass is 10.0. The third-order valence-corrected chi connectivity index (χ3v) is 3.80. The molecule has 0 saturated heterocycles. The highest BCUT2D eigenvalue weighted by Crippen LogP contribution is 2.27. The second kappa shape index (κ2) is 5.63. The molecule has 0 aliphatic carbocycles. The Labute approximate surface area is 118 Å². The van der Waals surface area contributed by atoms with Crippen LogP contribution in [0.25, 0.3) is 0 Å². The zero-order chi connectivity index (χ0) is 13.1. The zero-order valence-corrected chi connectivity index (χ0v) is 11.6. The highest BCUT2D eigenvalue weighted by molar-refractivity contribution is 9.10. The van der Waals surface area contributed by atoms with Gasteiger partial charge in [-0.15, -0.1) is 0 Å². The molecule has 0 atom stereocenters. The normalized spacial score (nSPS) is 10.4. The van der Waals surface area contributed by atoms with Gasteiger partial charge in [-0.05, 0) is 45.8 Å². The van der Waals surface area contributed by atoms with E-state index >= 15 is 0 Å². The molecule has 0 N–H and O–H groups in total. The molecule has 0 aromatic heterocycles. The monoisotopic (exact) mass is 326 g/mol. The Kier molecular flexibility index (Phi) is 4.15. The van der Waals surface area contributed by atoms with E-state index in [4.69, 9.17) is 11.6 Å². The van der Waals surface area contributed by atoms with E-state index in [1.54, 1.807) is 30.3 Å². The standard InChI is InChI=1S/C14H9BrClFO/c15-12-6-2-5-11(14(12)16)13(18)8-9-3-1-4-10(17)7-9/h1-7H,8H2. The quantitative estimate of drug-likeness (QED) is 0.749. The molecule has 18 heavy (non-hydrogen) atoms. The van der Waals surface area contributed by atoms with Crippen molar-refractivity contribution in [3.63, 3.8) is 0 Å². The van der Waals surface area contributed by atoms with Gasteiger partial charge >= 0.3 is 0 Å². The van der Waals surface area contributed by atoms with E-state index < -0.39 is 0 Å². The Morgan fingerprint density at radius 3 is 2.67 bits per heavy atom. The summed E-state index contributed by atoms with van der Waals surface area (Å²) in [7, 11) is 0. The third kappa shape index (κ3) is 2.98. The lowest BCUT2D eigenvalue weighted by Crippen LogP contribution is -2.04. The first-order valence-corrected chi connectivity index (χ1v) is 6.46. The molecule has 0 unspecified atom stereocenters. The minimum atomic E-state index is -0.347. The molecule has 1 nitrogen and oxygen atoms in total. The zero-order valence-electron chi connectivity index (χ0n) is 9.29. The van der Waals surface area contributed by atoms with Gasteiger partial charge in [-0.1, -0.05) is 29.8 Å². The van der Waals surface area contributed by atoms with Crippen LogP contribution in [-0.2, 0) is 6.42 Å². The number of hydrogen-bond donors (Lipinski definition) is 0. The molecule has 0 spiro atoms. The first-order chi connectivity index (χ1) is 8.58. The third-order valence-electron chi connectivity index (χ3n) is 2.51. The van der Waals surface area contributed by atoms with Crippen LogP contribution in [0.15, 0.2) is 46.9 Å². The van der Waals surface area contributed by atoms with E-state index in [1.165, 1.54) is 12.1 Å². The predicted octanol–water partition coefficient (Wildman–Crippen LogP) is 4.67. The summed E-state index contributed by atoms with van der Waals surface area (Å²) in [5, 5.41) is 0.388. The van der Waals surface area contributed by atoms with E-state index in [0.717, 1.165) is 0 Å². The van der Waals surface area contributed by atoms with Crippen molar-refractivity contribution in [2.45, 2.75) is 6.42 Å². The molecule has 2 aromatic rings. The molecular formula is C14H9BrClFO. The molecule has 0 saturated carbocycles. The van der Waals surface area contributed by atoms with Gasteiger partial charge in [0.2, 0.25) is 0 Å². The average molecular weight is 328 g/mol. The number of benzene rings is 2. The SMILES string of the molecule is O=C(Cc1cccc(F)c1)c1cccc(Br)c1Cl. The molecule has 2 rings (SSSR count). The van der Waals surface area contributed by atoms with Crippen molar-refractivity contribution in [1.29, 1.82) is 0 Å². The molecule has 2 aromatic carbocycles. The summed E-state index contributed by atoms with van der Waals surface area (Å²) in [4.78, 5) is 12.1. The first kappa shape index (κ1) is 13.2. The van der Waals surface area contributed by atoms with Gasteiger partial charge < -0.3 is 0 Å². The van der Waals surface area contributed by atoms with Crippen molar-refractivity contribution in [3.8, 4) is 0 Å². The molecule has 4 heteroatoms. The van der Waals surface area contributed by atoms with Crippen LogP contribution in [-0.4, -0.2) is 5.78 Å². The predicted molar refractivity (Wildman–Crippen MR) is 73.6 cm³/mol. The van der Waals surface area contributed by atoms with Gasteiger partial charge in [-0.2, -0.15) is 0 Å². The van der Waals surface area contributed by atoms with Crippen molar-refractivity contribution in [2.24, 2.45) is 0 Å². The van der Waals surface area contributed by atoms with Crippen LogP contribution in [0.5, 0.6) is 0 Å². The van der Waals surface area contributed by atoms with Gasteiger partial charge in [-0.25, -0.2) is 4.39 Å². The number of carbonyl (C=O) groups is 1. The molecular weight excluding hydrogens is 319 g/mol. The van der Waals surface area contributed by atoms with Crippen molar-refractivity contribution < 1.29 is 9.18 Å². The van der Waals surface area contributed by atoms with E-state index in [2.05, 4.69) is 15.9 Å². The van der Waals surface area contributed by atoms with E-state index in [1.807, 2.05) is 0 Å². The maximum absolute atomic E-state index is 13.0. The van der Waals surface area contributed by atoms with Crippen LogP contribution in [0.1, 0.15) is 15.9 Å². The minimum absolute atomic E-state index is 0.132. The van der Waals surface area contributed by atoms with Crippen molar-refractivity contribution >= 4 is 33.3 Å². The maximum atomic E-state index is 13.0. The Morgan fingerprint density at radius 2 is 1.94 bits per heavy atom. The number of hydrogen-bond acceptors (Lipinski definition) is 1. The van der Waals surface area contributed by atoms with Gasteiger partial charge in [0.1, 0.15) is 5.82 Å². The van der Waals surface area contributed by atoms with Crippen LogP contribution in [0, 0.1) is 5.82 Å². The van der Waals surface area contributed by atoms with Crippen molar-refractivity contribution in [3.05, 3.63) is 68.9 Å². The highest BCUT2D eigenvalue weighted by atomic mass is 79.9. The molecule has 0 aliphatic rings. The van der Waals surface area contributed by atoms with Crippen LogP contribution in [0.2, 0.25) is 5.02 Å². The fourth-order valence-corrected chi connectivity index (χ4v) is 2.24. The van der Waals surface area contributed by atoms with Gasteiger partial charge in [0.05, 0.1) is 5.02 Å². The number of halogens is 3. The van der Waals surface area contributed by atoms with Gasteiger partial charge in [0.15, 0.2) is 5.78 Å². The lowest BCUT2D eigenvalue weighted by molar-refractivity contribution is 0.0993. The van der Waals surface area contributed by atoms with E-state index in [-0.39, 0.29) is 18.0 Å². The molecule has 0 amide bonds. The van der Waals surface area contributed by atoms with Gasteiger partial charge in [0, 0.05) is 16.5 Å². The van der Waals surface area contributed by atoms with Crippen LogP contribution in [0.4, 0.5) is 4.39 Å². The second-order valence-electron chi connectivity index (χ2n) is 3.83. The van der Waals surface area contributed by atoms with E-state index in [0.29, 0.717) is 20.6 Å². The number of rotatable bonds is 3. The summed E-state index contributed by atoms with van der Waals surface area (Å²) in [6.45, 7) is 0. The summed E-state index contributed by atoms with van der Waals surface area (Å²) in [5.74, 6) is -0.479. The lowest BCUT2D eigenvalue weighted by Gasteiger charge is -2.05. The Hall–Kier alpha value is -1.19. The van der Waals surface area contributed by atoms with Crippen molar-refractivity contribution in [2.75, 3.05) is 0 Å². The molecule has 0 heterocycles. The smallest absolute Gasteiger partial charge is 0.168 e. The number of carbonyl (C=O) groups excluding carboxylic acids is 1. The highest BCUT2D eigenvalue weighted by Gasteiger charge is 2.13. The fourth-order valence-electron chi connectivity index (χ4n) is 1.65. The summed E-state index contributed by atoms with van der Waals surface area (Å²) >= 11 is 9.31. The topological polar surface area (TPSA) is 17.1 Å². The molecule has 0 radical (unpaired) electrons. The molecule has 92 valence electrons. The minimum Gasteiger partial charge on any atom is -0.294 e. The molecule has 0 fully saturated rings. The fraction of sp³-hybridized carbons (Fsp3) is 0.0714. The van der Waals surface area contributed by atoms with Crippen LogP contribution in [0.3, 0.4) is 0 Å². The summed E-state index contributed by atoms with van der Waals surface area (Å²) in [5.41, 5.74) is 1.08. The summed E-state index contributed by atoms with van der Waals surface area (Å²) < 4.78 is 13.7. The van der Waals surface area contributed by atoms with Crippen LogP contribution < -0.4 is 0 Å². The average Bonchev–Trinajstić information content (AvgIpc) is 2.32. The Bertz CT molecular complexity index is 598. The maximum Gasteiger partial charge on any atom is 0.168 e. The number of ketones is 1. The first-order valence-electron chi connectivity index (χ1n) is 5.29. The molecule has 0 bridgehead atoms. The second-order valence-corrected chi connectivity index (χ2v) is 5.06. The summed E-state index contributed by atoms with van der Waals surface area (Å²) in [6, 6.07) is 11.2. The van der Waals surface area contributed by atoms with Gasteiger partial charge in [0.25, 0.3) is 0 Å². The summed E-state index contributed by atoms with van der Waals surface area (Å²) in [6.07, 6.45) is 0.133. The largest absolute Gasteiger partial charge is 0.294 e.